The van der Waals surface area contributed by atoms with Gasteiger partial charge in [0, 0.05) is 41.8 Å². The van der Waals surface area contributed by atoms with E-state index in [0.29, 0.717) is 11.1 Å². The molecule has 0 fully saturated rings. The smallest absolute Gasteiger partial charge is 0.163 e. The number of ketones is 2. The third-order valence-electron chi connectivity index (χ3n) is 4.72. The standard InChI is InChI=1S/C24H23NO2/c1-17-6-10-19(11-7-17)23(26)15-21(22-5-3-4-14-25-22)16-24(27)20-12-8-18(2)9-13-20/h3-14,21H,15-16H2,1-2H3. The lowest BCUT2D eigenvalue weighted by atomic mass is 9.88. The number of pyridine rings is 1. The van der Waals surface area contributed by atoms with Crippen molar-refractivity contribution in [3.05, 3.63) is 101 Å². The predicted molar refractivity (Wildman–Crippen MR) is 107 cm³/mol. The van der Waals surface area contributed by atoms with Crippen LogP contribution in [0.4, 0.5) is 0 Å². The summed E-state index contributed by atoms with van der Waals surface area (Å²) in [5, 5.41) is 0. The van der Waals surface area contributed by atoms with Crippen LogP contribution in [0, 0.1) is 13.8 Å². The van der Waals surface area contributed by atoms with Gasteiger partial charge in [-0.25, -0.2) is 0 Å². The van der Waals surface area contributed by atoms with Crippen LogP contribution >= 0.6 is 0 Å². The number of hydrogen-bond donors (Lipinski definition) is 0. The quantitative estimate of drug-likeness (QED) is 0.537. The first-order valence-corrected chi connectivity index (χ1v) is 9.13. The van der Waals surface area contributed by atoms with Crippen LogP contribution in [-0.4, -0.2) is 16.6 Å². The average Bonchev–Trinajstić information content (AvgIpc) is 2.69. The molecule has 27 heavy (non-hydrogen) atoms. The molecule has 0 amide bonds. The monoisotopic (exact) mass is 357 g/mol. The second-order valence-electron chi connectivity index (χ2n) is 6.94. The van der Waals surface area contributed by atoms with Crippen molar-refractivity contribution in [2.24, 2.45) is 0 Å². The minimum atomic E-state index is -0.242. The van der Waals surface area contributed by atoms with Gasteiger partial charge in [0.25, 0.3) is 0 Å². The van der Waals surface area contributed by atoms with Gasteiger partial charge in [-0.15, -0.1) is 0 Å². The minimum Gasteiger partial charge on any atom is -0.294 e. The van der Waals surface area contributed by atoms with Crippen molar-refractivity contribution >= 4 is 11.6 Å². The largest absolute Gasteiger partial charge is 0.294 e. The van der Waals surface area contributed by atoms with Gasteiger partial charge in [-0.05, 0) is 26.0 Å². The zero-order valence-electron chi connectivity index (χ0n) is 15.7. The maximum atomic E-state index is 12.8. The summed E-state index contributed by atoms with van der Waals surface area (Å²) < 4.78 is 0. The topological polar surface area (TPSA) is 47.0 Å². The van der Waals surface area contributed by atoms with Gasteiger partial charge in [-0.3, -0.25) is 14.6 Å². The van der Waals surface area contributed by atoms with Gasteiger partial charge in [0.2, 0.25) is 0 Å². The second kappa shape index (κ2) is 8.54. The van der Waals surface area contributed by atoms with Crippen LogP contribution in [0.25, 0.3) is 0 Å². The number of carbonyl (C=O) groups excluding carboxylic acids is 2. The molecule has 0 saturated carbocycles. The molecule has 136 valence electrons. The van der Waals surface area contributed by atoms with Gasteiger partial charge in [-0.2, -0.15) is 0 Å². The van der Waals surface area contributed by atoms with Gasteiger partial charge >= 0.3 is 0 Å². The van der Waals surface area contributed by atoms with Crippen molar-refractivity contribution in [3.63, 3.8) is 0 Å². The highest BCUT2D eigenvalue weighted by molar-refractivity contribution is 5.99. The molecule has 3 heteroatoms. The zero-order valence-corrected chi connectivity index (χ0v) is 15.7. The summed E-state index contributed by atoms with van der Waals surface area (Å²) in [6.07, 6.45) is 2.23. The molecule has 3 rings (SSSR count). The van der Waals surface area contributed by atoms with E-state index in [1.165, 1.54) is 0 Å². The predicted octanol–water partition coefficient (Wildman–Crippen LogP) is 5.33. The molecule has 2 aromatic carbocycles. The molecule has 0 aliphatic rings. The van der Waals surface area contributed by atoms with E-state index in [1.54, 1.807) is 6.20 Å². The Morgan fingerprint density at radius 1 is 0.741 bits per heavy atom. The van der Waals surface area contributed by atoms with Crippen molar-refractivity contribution in [3.8, 4) is 0 Å². The van der Waals surface area contributed by atoms with E-state index in [9.17, 15) is 9.59 Å². The van der Waals surface area contributed by atoms with Gasteiger partial charge in [0.15, 0.2) is 11.6 Å². The van der Waals surface area contributed by atoms with Crippen LogP contribution < -0.4 is 0 Å². The van der Waals surface area contributed by atoms with Crippen LogP contribution in [0.5, 0.6) is 0 Å². The van der Waals surface area contributed by atoms with E-state index >= 15 is 0 Å². The molecule has 0 spiro atoms. The molecule has 1 heterocycles. The van der Waals surface area contributed by atoms with Crippen LogP contribution in [-0.2, 0) is 0 Å². The number of carbonyl (C=O) groups is 2. The molecular weight excluding hydrogens is 334 g/mol. The zero-order chi connectivity index (χ0) is 19.2. The van der Waals surface area contributed by atoms with Gasteiger partial charge in [0.1, 0.15) is 0 Å². The normalized spacial score (nSPS) is 10.8. The van der Waals surface area contributed by atoms with E-state index in [0.717, 1.165) is 16.8 Å². The molecule has 0 N–H and O–H groups in total. The summed E-state index contributed by atoms with van der Waals surface area (Å²) in [7, 11) is 0. The number of aromatic nitrogens is 1. The van der Waals surface area contributed by atoms with Gasteiger partial charge < -0.3 is 0 Å². The van der Waals surface area contributed by atoms with Crippen molar-refractivity contribution in [2.45, 2.75) is 32.6 Å². The van der Waals surface area contributed by atoms with E-state index in [4.69, 9.17) is 0 Å². The third-order valence-corrected chi connectivity index (χ3v) is 4.72. The number of rotatable bonds is 7. The Kier molecular flexibility index (Phi) is 5.92. The molecule has 0 aliphatic heterocycles. The lowest BCUT2D eigenvalue weighted by molar-refractivity contribution is 0.0943. The van der Waals surface area contributed by atoms with E-state index in [1.807, 2.05) is 80.6 Å². The van der Waals surface area contributed by atoms with E-state index in [-0.39, 0.29) is 30.3 Å². The Morgan fingerprint density at radius 2 is 1.22 bits per heavy atom. The first-order chi connectivity index (χ1) is 13.0. The van der Waals surface area contributed by atoms with Crippen molar-refractivity contribution < 1.29 is 9.59 Å². The molecule has 3 nitrogen and oxygen atoms in total. The maximum absolute atomic E-state index is 12.8. The molecule has 1 aromatic heterocycles. The summed E-state index contributed by atoms with van der Waals surface area (Å²) in [5.41, 5.74) is 4.34. The fourth-order valence-electron chi connectivity index (χ4n) is 3.06. The number of aryl methyl sites for hydroxylation is 2. The molecule has 0 unspecified atom stereocenters. The first-order valence-electron chi connectivity index (χ1n) is 9.13. The highest BCUT2D eigenvalue weighted by Crippen LogP contribution is 2.26. The number of hydrogen-bond acceptors (Lipinski definition) is 3. The highest BCUT2D eigenvalue weighted by Gasteiger charge is 2.22. The first kappa shape index (κ1) is 18.7. The van der Waals surface area contributed by atoms with Crippen molar-refractivity contribution in [1.82, 2.24) is 4.98 Å². The maximum Gasteiger partial charge on any atom is 0.163 e. The van der Waals surface area contributed by atoms with E-state index < -0.39 is 0 Å². The Morgan fingerprint density at radius 3 is 1.63 bits per heavy atom. The Balaban J connectivity index is 1.81. The summed E-state index contributed by atoms with van der Waals surface area (Å²) in [4.78, 5) is 29.9. The Bertz CT molecular complexity index is 853. The molecule has 0 atom stereocenters. The second-order valence-corrected chi connectivity index (χ2v) is 6.94. The van der Waals surface area contributed by atoms with E-state index in [2.05, 4.69) is 4.98 Å². The van der Waals surface area contributed by atoms with Crippen LogP contribution in [0.3, 0.4) is 0 Å². The Labute approximate surface area is 160 Å². The number of nitrogens with zero attached hydrogens (tertiary/aromatic N) is 1. The molecular formula is C24H23NO2. The summed E-state index contributed by atoms with van der Waals surface area (Å²) in [6, 6.07) is 20.7. The summed E-state index contributed by atoms with van der Waals surface area (Å²) in [6.45, 7) is 3.98. The molecule has 3 aromatic rings. The SMILES string of the molecule is Cc1ccc(C(=O)CC(CC(=O)c2ccc(C)cc2)c2ccccn2)cc1. The van der Waals surface area contributed by atoms with Gasteiger partial charge in [-0.1, -0.05) is 65.7 Å². The third kappa shape index (κ3) is 4.98. The molecule has 0 aliphatic carbocycles. The lowest BCUT2D eigenvalue weighted by Crippen LogP contribution is -2.14. The van der Waals surface area contributed by atoms with Crippen molar-refractivity contribution in [2.75, 3.05) is 0 Å². The molecule has 0 radical (unpaired) electrons. The highest BCUT2D eigenvalue weighted by atomic mass is 16.1. The number of benzene rings is 2. The van der Waals surface area contributed by atoms with Gasteiger partial charge in [0.05, 0.1) is 0 Å². The average molecular weight is 357 g/mol. The van der Waals surface area contributed by atoms with Crippen LogP contribution in [0.15, 0.2) is 72.9 Å². The van der Waals surface area contributed by atoms with Crippen molar-refractivity contribution in [1.29, 1.82) is 0 Å². The van der Waals surface area contributed by atoms with Crippen LogP contribution in [0.2, 0.25) is 0 Å². The fraction of sp³-hybridized carbons (Fsp3) is 0.208. The summed E-state index contributed by atoms with van der Waals surface area (Å²) in [5.74, 6) is -0.182. The minimum absolute atomic E-state index is 0.0300. The Hall–Kier alpha value is -3.07. The lowest BCUT2D eigenvalue weighted by Gasteiger charge is -2.15. The fourth-order valence-corrected chi connectivity index (χ4v) is 3.06. The molecule has 0 bridgehead atoms. The number of Topliss-reactive ketones (excluding diaryl/α,β-unsaturated/α-hetero) is 2. The molecule has 0 saturated heterocycles. The summed E-state index contributed by atoms with van der Waals surface area (Å²) >= 11 is 0. The van der Waals surface area contributed by atoms with Crippen LogP contribution in [0.1, 0.15) is 56.3 Å².